The Bertz CT molecular complexity index is 1100. The first-order chi connectivity index (χ1) is 16.3. The van der Waals surface area contributed by atoms with Gasteiger partial charge in [-0.1, -0.05) is 23.5 Å². The number of hydrogen-bond acceptors (Lipinski definition) is 10. The van der Waals surface area contributed by atoms with Crippen molar-refractivity contribution in [3.8, 4) is 5.75 Å². The minimum atomic E-state index is -3.40. The van der Waals surface area contributed by atoms with Gasteiger partial charge >= 0.3 is 5.00 Å². The molecule has 2 aromatic carbocycles. The molecule has 0 saturated carbocycles. The summed E-state index contributed by atoms with van der Waals surface area (Å²) in [5, 5.41) is 16.6. The highest BCUT2D eigenvalue weighted by atomic mass is 35.5. The Morgan fingerprint density at radius 1 is 1.26 bits per heavy atom. The van der Waals surface area contributed by atoms with Crippen LogP contribution in [-0.2, 0) is 4.18 Å². The van der Waals surface area contributed by atoms with Crippen molar-refractivity contribution in [2.45, 2.75) is 5.25 Å². The second-order valence-electron chi connectivity index (χ2n) is 7.04. The fourth-order valence-electron chi connectivity index (χ4n) is 3.25. The number of benzene rings is 2. The molecule has 2 unspecified atom stereocenters. The van der Waals surface area contributed by atoms with Gasteiger partial charge in [-0.05, 0) is 47.8 Å². The molecule has 0 aliphatic rings. The predicted molar refractivity (Wildman–Crippen MR) is 140 cm³/mol. The van der Waals surface area contributed by atoms with Gasteiger partial charge in [0.25, 0.3) is 0 Å². The predicted octanol–water partition coefficient (Wildman–Crippen LogP) is 5.14. The maximum atomic E-state index is 11.7. The summed E-state index contributed by atoms with van der Waals surface area (Å²) in [4.78, 5) is 11.2. The number of nitrogens with one attached hydrogen (secondary N) is 1. The van der Waals surface area contributed by atoms with Gasteiger partial charge < -0.3 is 20.2 Å². The number of halogens is 1. The van der Waals surface area contributed by atoms with Crippen molar-refractivity contribution in [3.05, 3.63) is 75.7 Å². The monoisotopic (exact) mass is 527 g/mol. The summed E-state index contributed by atoms with van der Waals surface area (Å²) >= 11 is 6.64. The molecule has 6 N–H and O–H groups in total. The second kappa shape index (κ2) is 11.6. The van der Waals surface area contributed by atoms with Crippen LogP contribution in [0.15, 0.2) is 60.0 Å². The highest BCUT2D eigenvalue weighted by Gasteiger charge is 2.42. The van der Waals surface area contributed by atoms with Crippen LogP contribution in [0, 0.1) is 10.1 Å². The maximum absolute atomic E-state index is 11.7. The standard InChI is InChI=1S/C21H26ClN5O5S2/c1-31-34(30,32-16-8-6-15(7-9-16)25-12-11-22)20(17-10-13-33-21(17)27(28)29)14-26(24)19-5-3-2-4-18(19)23/h2-10,13,20,25,30H,11-12,14,23-24H2,1H3. The van der Waals surface area contributed by atoms with Crippen LogP contribution in [0.4, 0.5) is 22.1 Å². The van der Waals surface area contributed by atoms with Gasteiger partial charge in [-0.2, -0.15) is 0 Å². The van der Waals surface area contributed by atoms with Gasteiger partial charge in [0, 0.05) is 18.1 Å². The van der Waals surface area contributed by atoms with Crippen LogP contribution >= 0.6 is 33.8 Å². The van der Waals surface area contributed by atoms with Crippen LogP contribution < -0.4 is 26.1 Å². The minimum Gasteiger partial charge on any atom is -0.402 e. The highest BCUT2D eigenvalue weighted by Crippen LogP contribution is 2.60. The summed E-state index contributed by atoms with van der Waals surface area (Å²) in [6, 6.07) is 15.3. The van der Waals surface area contributed by atoms with E-state index in [1.165, 1.54) is 12.1 Å². The van der Waals surface area contributed by atoms with Gasteiger partial charge in [0.1, 0.15) is 21.9 Å². The minimum absolute atomic E-state index is 0.0686. The van der Waals surface area contributed by atoms with Gasteiger partial charge in [0.2, 0.25) is 0 Å². The molecule has 0 saturated heterocycles. The molecule has 0 bridgehead atoms. The first-order valence-electron chi connectivity index (χ1n) is 10.1. The largest absolute Gasteiger partial charge is 0.402 e. The van der Waals surface area contributed by atoms with Crippen LogP contribution in [0.2, 0.25) is 0 Å². The lowest BCUT2D eigenvalue weighted by atomic mass is 10.2. The molecule has 0 radical (unpaired) electrons. The highest BCUT2D eigenvalue weighted by molar-refractivity contribution is 8.21. The Morgan fingerprint density at radius 3 is 2.59 bits per heavy atom. The zero-order valence-corrected chi connectivity index (χ0v) is 20.7. The number of anilines is 3. The van der Waals surface area contributed by atoms with E-state index in [1.807, 2.05) is 0 Å². The van der Waals surface area contributed by atoms with Crippen molar-refractivity contribution in [2.75, 3.05) is 42.1 Å². The molecule has 0 amide bonds. The third-order valence-electron chi connectivity index (χ3n) is 4.89. The van der Waals surface area contributed by atoms with E-state index in [9.17, 15) is 14.7 Å². The van der Waals surface area contributed by atoms with E-state index in [4.69, 9.17) is 31.5 Å². The zero-order chi connectivity index (χ0) is 24.7. The summed E-state index contributed by atoms with van der Waals surface area (Å²) < 4.78 is 23.0. The van der Waals surface area contributed by atoms with Crippen molar-refractivity contribution < 1.29 is 17.8 Å². The summed E-state index contributed by atoms with van der Waals surface area (Å²) in [5.74, 6) is 7.07. The number of alkyl halides is 1. The number of nitrogens with two attached hydrogens (primary N) is 2. The van der Waals surface area contributed by atoms with E-state index in [2.05, 4.69) is 5.32 Å². The summed E-state index contributed by atoms with van der Waals surface area (Å²) in [5.41, 5.74) is 8.03. The first kappa shape index (κ1) is 25.9. The third kappa shape index (κ3) is 6.03. The molecule has 3 rings (SSSR count). The fourth-order valence-corrected chi connectivity index (χ4v) is 5.86. The summed E-state index contributed by atoms with van der Waals surface area (Å²) in [6.07, 6.45) is 0. The number of nitrogen functional groups attached to an aromatic ring is 1. The Labute approximate surface area is 208 Å². The Balaban J connectivity index is 1.96. The Morgan fingerprint density at radius 2 is 1.97 bits per heavy atom. The molecule has 184 valence electrons. The van der Waals surface area contributed by atoms with Crippen molar-refractivity contribution in [3.63, 3.8) is 0 Å². The van der Waals surface area contributed by atoms with E-state index in [1.54, 1.807) is 60.0 Å². The molecule has 1 aromatic heterocycles. The third-order valence-corrected chi connectivity index (χ3v) is 7.99. The second-order valence-corrected chi connectivity index (χ2v) is 10.4. The van der Waals surface area contributed by atoms with Crippen molar-refractivity contribution >= 4 is 55.9 Å². The molecule has 0 spiro atoms. The molecule has 2 atom stereocenters. The van der Waals surface area contributed by atoms with Gasteiger partial charge in [-0.25, -0.2) is 5.84 Å². The topological polar surface area (TPSA) is 149 Å². The number of nitrogens with zero attached hydrogens (tertiary/aromatic N) is 2. The van der Waals surface area contributed by atoms with Gasteiger partial charge in [0.15, 0.2) is 0 Å². The van der Waals surface area contributed by atoms with Gasteiger partial charge in [0.05, 0.1) is 35.5 Å². The molecular formula is C21H26ClN5O5S2. The SMILES string of the molecule is COS(O)(Oc1ccc(NCCCl)cc1)C(CN(N)c1ccccc1N)c1ccsc1[N+](=O)[O-]. The number of rotatable bonds is 12. The van der Waals surface area contributed by atoms with Crippen LogP contribution in [0.25, 0.3) is 0 Å². The summed E-state index contributed by atoms with van der Waals surface area (Å²) in [6.45, 7) is 0.523. The van der Waals surface area contributed by atoms with Crippen molar-refractivity contribution in [2.24, 2.45) is 5.84 Å². The lowest BCUT2D eigenvalue weighted by Crippen LogP contribution is -2.38. The number of nitro groups is 1. The lowest BCUT2D eigenvalue weighted by molar-refractivity contribution is -0.380. The van der Waals surface area contributed by atoms with Crippen LogP contribution in [0.3, 0.4) is 0 Å². The lowest BCUT2D eigenvalue weighted by Gasteiger charge is -2.39. The molecular weight excluding hydrogens is 502 g/mol. The summed E-state index contributed by atoms with van der Waals surface area (Å²) in [7, 11) is -2.11. The molecule has 13 heteroatoms. The molecule has 10 nitrogen and oxygen atoms in total. The average molecular weight is 528 g/mol. The van der Waals surface area contributed by atoms with E-state index in [-0.39, 0.29) is 17.1 Å². The molecule has 34 heavy (non-hydrogen) atoms. The van der Waals surface area contributed by atoms with E-state index in [0.717, 1.165) is 17.0 Å². The average Bonchev–Trinajstić information content (AvgIpc) is 3.32. The Kier molecular flexibility index (Phi) is 8.83. The number of para-hydroxylation sites is 2. The van der Waals surface area contributed by atoms with Crippen LogP contribution in [0.5, 0.6) is 5.75 Å². The van der Waals surface area contributed by atoms with Gasteiger partial charge in [-0.15, -0.1) is 11.6 Å². The number of thiophene rings is 1. The molecule has 1 heterocycles. The van der Waals surface area contributed by atoms with E-state index < -0.39 is 21.0 Å². The van der Waals surface area contributed by atoms with Gasteiger partial charge in [-0.3, -0.25) is 18.9 Å². The Hall–Kier alpha value is -2.74. The first-order valence-corrected chi connectivity index (χ1v) is 13.0. The van der Waals surface area contributed by atoms with Crippen LogP contribution in [-0.4, -0.2) is 35.6 Å². The van der Waals surface area contributed by atoms with Crippen molar-refractivity contribution in [1.82, 2.24) is 0 Å². The normalized spacial score (nSPS) is 14.6. The number of hydrazine groups is 1. The van der Waals surface area contributed by atoms with Crippen molar-refractivity contribution in [1.29, 1.82) is 0 Å². The smallest absolute Gasteiger partial charge is 0.328 e. The van der Waals surface area contributed by atoms with Crippen LogP contribution in [0.1, 0.15) is 10.8 Å². The molecule has 0 aliphatic carbocycles. The fraction of sp³-hybridized carbons (Fsp3) is 0.238. The van der Waals surface area contributed by atoms with E-state index >= 15 is 0 Å². The number of hydrogen-bond donors (Lipinski definition) is 4. The maximum Gasteiger partial charge on any atom is 0.328 e. The molecule has 0 fully saturated rings. The molecule has 0 aliphatic heterocycles. The quantitative estimate of drug-likeness (QED) is 0.0824. The molecule has 3 aromatic rings. The zero-order valence-electron chi connectivity index (χ0n) is 18.3. The van der Waals surface area contributed by atoms with E-state index in [0.29, 0.717) is 29.5 Å².